The van der Waals surface area contributed by atoms with Crippen molar-refractivity contribution in [3.05, 3.63) is 82.3 Å². The number of anilines is 1. The Hall–Kier alpha value is -2.49. The Morgan fingerprint density at radius 1 is 0.920 bits per heavy atom. The van der Waals surface area contributed by atoms with E-state index in [1.54, 1.807) is 0 Å². The van der Waals surface area contributed by atoms with Crippen LogP contribution in [0.15, 0.2) is 66.7 Å². The highest BCUT2D eigenvalue weighted by Gasteiger charge is 2.11. The Labute approximate surface area is 155 Å². The average molecular weight is 368 g/mol. The number of H-pyrrole nitrogens is 1. The molecular weight excluding hydrogens is 353 g/mol. The number of aromatic amines is 1. The van der Waals surface area contributed by atoms with Crippen molar-refractivity contribution in [3.8, 4) is 11.1 Å². The van der Waals surface area contributed by atoms with Crippen molar-refractivity contribution in [2.24, 2.45) is 0 Å². The van der Waals surface area contributed by atoms with Crippen LogP contribution in [-0.4, -0.2) is 10.2 Å². The molecule has 3 aromatic carbocycles. The molecule has 2 N–H and O–H groups in total. The van der Waals surface area contributed by atoms with Gasteiger partial charge in [0.1, 0.15) is 0 Å². The van der Waals surface area contributed by atoms with E-state index in [0.29, 0.717) is 11.6 Å². The van der Waals surface area contributed by atoms with Crippen LogP contribution in [0.5, 0.6) is 0 Å². The summed E-state index contributed by atoms with van der Waals surface area (Å²) in [6.45, 7) is 0.667. The molecule has 1 aromatic heterocycles. The SMILES string of the molecule is Clc1ccc(CNc2n[nH]c3cc(Cl)c(-c4ccccc4)cc23)cc1. The first-order valence-electron chi connectivity index (χ1n) is 7.92. The Balaban J connectivity index is 1.67. The van der Waals surface area contributed by atoms with Gasteiger partial charge in [0.25, 0.3) is 0 Å². The molecular formula is C20H15Cl2N3. The quantitative estimate of drug-likeness (QED) is 0.454. The van der Waals surface area contributed by atoms with Crippen LogP contribution in [0.4, 0.5) is 5.82 Å². The number of rotatable bonds is 4. The molecule has 0 atom stereocenters. The van der Waals surface area contributed by atoms with Gasteiger partial charge in [-0.2, -0.15) is 5.10 Å². The standard InChI is InChI=1S/C20H15Cl2N3/c21-15-8-6-13(7-9-15)12-23-20-17-10-16(14-4-2-1-3-5-14)18(22)11-19(17)24-25-20/h1-11H,12H2,(H2,23,24,25). The summed E-state index contributed by atoms with van der Waals surface area (Å²) in [5, 5.41) is 13.2. The van der Waals surface area contributed by atoms with Crippen LogP contribution >= 0.6 is 23.2 Å². The molecule has 25 heavy (non-hydrogen) atoms. The van der Waals surface area contributed by atoms with Crippen molar-refractivity contribution >= 4 is 39.9 Å². The smallest absolute Gasteiger partial charge is 0.156 e. The molecule has 0 aliphatic rings. The van der Waals surface area contributed by atoms with Crippen LogP contribution in [0.1, 0.15) is 5.56 Å². The van der Waals surface area contributed by atoms with E-state index >= 15 is 0 Å². The predicted molar refractivity (Wildman–Crippen MR) is 105 cm³/mol. The first-order valence-corrected chi connectivity index (χ1v) is 8.67. The molecule has 4 rings (SSSR count). The van der Waals surface area contributed by atoms with Gasteiger partial charge in [0, 0.05) is 22.5 Å². The van der Waals surface area contributed by atoms with Crippen LogP contribution in [0.2, 0.25) is 10.0 Å². The molecule has 5 heteroatoms. The monoisotopic (exact) mass is 367 g/mol. The third-order valence-electron chi connectivity index (χ3n) is 4.11. The molecule has 0 saturated heterocycles. The maximum atomic E-state index is 6.45. The zero-order valence-corrected chi connectivity index (χ0v) is 14.8. The molecule has 3 nitrogen and oxygen atoms in total. The van der Waals surface area contributed by atoms with E-state index in [1.807, 2.05) is 60.7 Å². The summed E-state index contributed by atoms with van der Waals surface area (Å²) in [4.78, 5) is 0. The second-order valence-corrected chi connectivity index (χ2v) is 6.64. The Kier molecular flexibility index (Phi) is 4.35. The molecule has 0 aliphatic heterocycles. The lowest BCUT2D eigenvalue weighted by molar-refractivity contribution is 1.06. The van der Waals surface area contributed by atoms with Crippen molar-refractivity contribution in [1.29, 1.82) is 0 Å². The molecule has 0 spiro atoms. The van der Waals surface area contributed by atoms with Crippen LogP contribution in [0.3, 0.4) is 0 Å². The zero-order chi connectivity index (χ0) is 17.2. The summed E-state index contributed by atoms with van der Waals surface area (Å²) in [5.41, 5.74) is 4.12. The first-order chi connectivity index (χ1) is 12.2. The molecule has 0 aliphatic carbocycles. The number of fused-ring (bicyclic) bond motifs is 1. The molecule has 0 radical (unpaired) electrons. The van der Waals surface area contributed by atoms with Crippen molar-refractivity contribution in [2.75, 3.05) is 5.32 Å². The Morgan fingerprint density at radius 3 is 2.44 bits per heavy atom. The molecule has 0 saturated carbocycles. The molecule has 4 aromatic rings. The summed E-state index contributed by atoms with van der Waals surface area (Å²) in [5.74, 6) is 0.804. The van der Waals surface area contributed by atoms with Gasteiger partial charge in [0.2, 0.25) is 0 Å². The fraction of sp³-hybridized carbons (Fsp3) is 0.0500. The molecule has 0 amide bonds. The van der Waals surface area contributed by atoms with Crippen molar-refractivity contribution in [3.63, 3.8) is 0 Å². The normalized spacial score (nSPS) is 11.0. The van der Waals surface area contributed by atoms with Gasteiger partial charge in [0.15, 0.2) is 5.82 Å². The van der Waals surface area contributed by atoms with E-state index in [0.717, 1.165) is 38.4 Å². The van der Waals surface area contributed by atoms with Gasteiger partial charge in [-0.05, 0) is 35.4 Å². The van der Waals surface area contributed by atoms with Crippen molar-refractivity contribution in [1.82, 2.24) is 10.2 Å². The summed E-state index contributed by atoms with van der Waals surface area (Å²) in [6.07, 6.45) is 0. The Morgan fingerprint density at radius 2 is 1.68 bits per heavy atom. The van der Waals surface area contributed by atoms with Crippen molar-refractivity contribution in [2.45, 2.75) is 6.54 Å². The van der Waals surface area contributed by atoms with Gasteiger partial charge in [-0.15, -0.1) is 0 Å². The molecule has 0 fully saturated rings. The molecule has 124 valence electrons. The van der Waals surface area contributed by atoms with Gasteiger partial charge in [-0.3, -0.25) is 5.10 Å². The van der Waals surface area contributed by atoms with Gasteiger partial charge >= 0.3 is 0 Å². The minimum absolute atomic E-state index is 0.667. The second kappa shape index (κ2) is 6.79. The minimum atomic E-state index is 0.667. The first kappa shape index (κ1) is 16.0. The predicted octanol–water partition coefficient (Wildman–Crippen LogP) is 6.15. The maximum Gasteiger partial charge on any atom is 0.156 e. The van der Waals surface area contributed by atoms with Gasteiger partial charge in [0.05, 0.1) is 10.5 Å². The lowest BCUT2D eigenvalue weighted by Crippen LogP contribution is -1.99. The van der Waals surface area contributed by atoms with E-state index in [-0.39, 0.29) is 0 Å². The highest BCUT2D eigenvalue weighted by molar-refractivity contribution is 6.34. The lowest BCUT2D eigenvalue weighted by atomic mass is 10.0. The number of hydrogen-bond donors (Lipinski definition) is 2. The van der Waals surface area contributed by atoms with Gasteiger partial charge in [-0.25, -0.2) is 0 Å². The van der Waals surface area contributed by atoms with E-state index in [4.69, 9.17) is 23.2 Å². The van der Waals surface area contributed by atoms with Crippen LogP contribution in [0, 0.1) is 0 Å². The minimum Gasteiger partial charge on any atom is -0.364 e. The van der Waals surface area contributed by atoms with Crippen molar-refractivity contribution < 1.29 is 0 Å². The number of aromatic nitrogens is 2. The third kappa shape index (κ3) is 3.34. The molecule has 0 bridgehead atoms. The number of hydrogen-bond acceptors (Lipinski definition) is 2. The van der Waals surface area contributed by atoms with E-state index in [2.05, 4.69) is 21.6 Å². The summed E-state index contributed by atoms with van der Waals surface area (Å²) >= 11 is 12.4. The van der Waals surface area contributed by atoms with Crippen LogP contribution < -0.4 is 5.32 Å². The Bertz CT molecular complexity index is 1010. The van der Waals surface area contributed by atoms with Gasteiger partial charge < -0.3 is 5.32 Å². The van der Waals surface area contributed by atoms with Gasteiger partial charge in [-0.1, -0.05) is 65.7 Å². The van der Waals surface area contributed by atoms with E-state index < -0.39 is 0 Å². The summed E-state index contributed by atoms with van der Waals surface area (Å²) < 4.78 is 0. The largest absolute Gasteiger partial charge is 0.364 e. The van der Waals surface area contributed by atoms with E-state index in [1.165, 1.54) is 0 Å². The fourth-order valence-electron chi connectivity index (χ4n) is 2.80. The molecule has 0 unspecified atom stereocenters. The number of benzene rings is 3. The summed E-state index contributed by atoms with van der Waals surface area (Å²) in [7, 11) is 0. The highest BCUT2D eigenvalue weighted by atomic mass is 35.5. The number of halogens is 2. The maximum absolute atomic E-state index is 6.45. The van der Waals surface area contributed by atoms with Crippen LogP contribution in [-0.2, 0) is 6.54 Å². The zero-order valence-electron chi connectivity index (χ0n) is 13.3. The number of nitrogens with zero attached hydrogens (tertiary/aromatic N) is 1. The topological polar surface area (TPSA) is 40.7 Å². The summed E-state index contributed by atoms with van der Waals surface area (Å²) in [6, 6.07) is 21.8. The lowest BCUT2D eigenvalue weighted by Gasteiger charge is -2.07. The fourth-order valence-corrected chi connectivity index (χ4v) is 3.20. The van der Waals surface area contributed by atoms with Crippen LogP contribution in [0.25, 0.3) is 22.0 Å². The number of nitrogens with one attached hydrogen (secondary N) is 2. The average Bonchev–Trinajstić information content (AvgIpc) is 3.03. The highest BCUT2D eigenvalue weighted by Crippen LogP contribution is 2.34. The van der Waals surface area contributed by atoms with E-state index in [9.17, 15) is 0 Å². The third-order valence-corrected chi connectivity index (χ3v) is 4.67. The second-order valence-electron chi connectivity index (χ2n) is 5.80. The molecule has 1 heterocycles.